The van der Waals surface area contributed by atoms with Crippen molar-refractivity contribution >= 4 is 17.0 Å². The molecular weight excluding hydrogens is 342 g/mol. The second-order valence-corrected chi connectivity index (χ2v) is 7.17. The normalized spacial score (nSPS) is 11.6. The second kappa shape index (κ2) is 8.73. The van der Waals surface area contributed by atoms with Gasteiger partial charge in [-0.1, -0.05) is 84.9 Å². The Bertz CT molecular complexity index is 1040. The Morgan fingerprint density at radius 1 is 0.821 bits per heavy atom. The largest absolute Gasteiger partial charge is 0.464 e. The number of furan rings is 1. The van der Waals surface area contributed by atoms with Crippen LogP contribution in [0.1, 0.15) is 17.5 Å². The summed E-state index contributed by atoms with van der Waals surface area (Å²) in [6.07, 6.45) is 7.36. The standard InChI is InChI=1S/C26H25NO/c1-27(19-24-20-28-26-13-6-5-12-25(24)26)18-8-7-9-21-14-16-23(17-15-21)22-10-3-2-4-11-22/h2-7,9-17,20H,8,18-19H2,1H3. The Balaban J connectivity index is 1.29. The van der Waals surface area contributed by atoms with Crippen LogP contribution in [0.15, 0.2) is 95.6 Å². The van der Waals surface area contributed by atoms with Gasteiger partial charge in [0, 0.05) is 24.0 Å². The summed E-state index contributed by atoms with van der Waals surface area (Å²) in [6, 6.07) is 27.4. The van der Waals surface area contributed by atoms with E-state index in [-0.39, 0.29) is 0 Å². The SMILES string of the molecule is CN(CCC=Cc1ccc(-c2ccccc2)cc1)Cc1coc2ccccc12. The van der Waals surface area contributed by atoms with Gasteiger partial charge in [0.1, 0.15) is 5.58 Å². The molecule has 140 valence electrons. The van der Waals surface area contributed by atoms with Crippen LogP contribution in [0.25, 0.3) is 28.2 Å². The Morgan fingerprint density at radius 3 is 2.36 bits per heavy atom. The molecule has 0 radical (unpaired) electrons. The maximum atomic E-state index is 5.63. The first-order valence-corrected chi connectivity index (χ1v) is 9.75. The molecule has 0 bridgehead atoms. The van der Waals surface area contributed by atoms with Crippen molar-refractivity contribution < 1.29 is 4.42 Å². The van der Waals surface area contributed by atoms with Crippen LogP contribution in [0.4, 0.5) is 0 Å². The molecule has 2 nitrogen and oxygen atoms in total. The van der Waals surface area contributed by atoms with Gasteiger partial charge in [-0.2, -0.15) is 0 Å². The fraction of sp³-hybridized carbons (Fsp3) is 0.154. The number of fused-ring (bicyclic) bond motifs is 1. The van der Waals surface area contributed by atoms with E-state index in [0.717, 1.165) is 25.1 Å². The van der Waals surface area contributed by atoms with E-state index in [4.69, 9.17) is 4.42 Å². The number of para-hydroxylation sites is 1. The third-order valence-electron chi connectivity index (χ3n) is 5.01. The first-order valence-electron chi connectivity index (χ1n) is 9.75. The van der Waals surface area contributed by atoms with E-state index in [1.54, 1.807) is 0 Å². The lowest BCUT2D eigenvalue weighted by molar-refractivity contribution is 0.333. The molecule has 2 heteroatoms. The van der Waals surface area contributed by atoms with E-state index >= 15 is 0 Å². The van der Waals surface area contributed by atoms with E-state index in [2.05, 4.69) is 84.8 Å². The van der Waals surface area contributed by atoms with Gasteiger partial charge < -0.3 is 9.32 Å². The van der Waals surface area contributed by atoms with E-state index in [0.29, 0.717) is 0 Å². The minimum atomic E-state index is 0.899. The molecule has 3 aromatic carbocycles. The van der Waals surface area contributed by atoms with Crippen molar-refractivity contribution in [2.75, 3.05) is 13.6 Å². The van der Waals surface area contributed by atoms with Gasteiger partial charge in [0.15, 0.2) is 0 Å². The molecule has 0 aliphatic heterocycles. The van der Waals surface area contributed by atoms with Gasteiger partial charge in [0.25, 0.3) is 0 Å². The summed E-state index contributed by atoms with van der Waals surface area (Å²) < 4.78 is 5.63. The molecule has 4 rings (SSSR count). The summed E-state index contributed by atoms with van der Waals surface area (Å²) in [7, 11) is 2.16. The summed E-state index contributed by atoms with van der Waals surface area (Å²) in [5.41, 5.74) is 5.96. The quantitative estimate of drug-likeness (QED) is 0.364. The van der Waals surface area contributed by atoms with E-state index in [9.17, 15) is 0 Å². The number of rotatable bonds is 7. The Labute approximate surface area is 166 Å². The van der Waals surface area contributed by atoms with Gasteiger partial charge in [0.05, 0.1) is 6.26 Å². The zero-order chi connectivity index (χ0) is 19.2. The third kappa shape index (κ3) is 4.41. The van der Waals surface area contributed by atoms with Crippen molar-refractivity contribution in [2.45, 2.75) is 13.0 Å². The van der Waals surface area contributed by atoms with Gasteiger partial charge in [-0.05, 0) is 36.2 Å². The van der Waals surface area contributed by atoms with Crippen molar-refractivity contribution in [2.24, 2.45) is 0 Å². The van der Waals surface area contributed by atoms with Gasteiger partial charge >= 0.3 is 0 Å². The van der Waals surface area contributed by atoms with Crippen molar-refractivity contribution in [3.8, 4) is 11.1 Å². The predicted molar refractivity (Wildman–Crippen MR) is 118 cm³/mol. The van der Waals surface area contributed by atoms with Crippen LogP contribution in [0, 0.1) is 0 Å². The molecule has 0 fully saturated rings. The minimum Gasteiger partial charge on any atom is -0.464 e. The van der Waals surface area contributed by atoms with Gasteiger partial charge in [-0.3, -0.25) is 0 Å². The lowest BCUT2D eigenvalue weighted by atomic mass is 10.0. The first kappa shape index (κ1) is 18.3. The highest BCUT2D eigenvalue weighted by Gasteiger charge is 2.07. The zero-order valence-electron chi connectivity index (χ0n) is 16.2. The van der Waals surface area contributed by atoms with E-state index in [1.165, 1.54) is 27.6 Å². The van der Waals surface area contributed by atoms with Crippen LogP contribution in [0.5, 0.6) is 0 Å². The van der Waals surface area contributed by atoms with Crippen molar-refractivity contribution in [1.82, 2.24) is 4.90 Å². The molecule has 28 heavy (non-hydrogen) atoms. The minimum absolute atomic E-state index is 0.899. The Kier molecular flexibility index (Phi) is 5.69. The average Bonchev–Trinajstić information content (AvgIpc) is 3.15. The molecule has 1 heterocycles. The smallest absolute Gasteiger partial charge is 0.134 e. The molecular formula is C26H25NO. The average molecular weight is 367 g/mol. The van der Waals surface area contributed by atoms with E-state index in [1.807, 2.05) is 24.5 Å². The zero-order valence-corrected chi connectivity index (χ0v) is 16.2. The van der Waals surface area contributed by atoms with Crippen LogP contribution >= 0.6 is 0 Å². The molecule has 0 spiro atoms. The molecule has 0 N–H and O–H groups in total. The predicted octanol–water partition coefficient (Wildman–Crippen LogP) is 6.64. The van der Waals surface area contributed by atoms with E-state index < -0.39 is 0 Å². The molecule has 0 atom stereocenters. The summed E-state index contributed by atoms with van der Waals surface area (Å²) in [6.45, 7) is 1.91. The lowest BCUT2D eigenvalue weighted by Crippen LogP contribution is -2.18. The maximum Gasteiger partial charge on any atom is 0.134 e. The fourth-order valence-corrected chi connectivity index (χ4v) is 3.46. The van der Waals surface area contributed by atoms with Crippen molar-refractivity contribution in [3.05, 3.63) is 102 Å². The highest BCUT2D eigenvalue weighted by molar-refractivity contribution is 5.80. The maximum absolute atomic E-state index is 5.63. The molecule has 0 amide bonds. The van der Waals surface area contributed by atoms with Crippen molar-refractivity contribution in [3.63, 3.8) is 0 Å². The Hall–Kier alpha value is -3.10. The van der Waals surface area contributed by atoms with Gasteiger partial charge in [-0.15, -0.1) is 0 Å². The fourth-order valence-electron chi connectivity index (χ4n) is 3.46. The third-order valence-corrected chi connectivity index (χ3v) is 5.01. The summed E-state index contributed by atoms with van der Waals surface area (Å²) in [5.74, 6) is 0. The van der Waals surface area contributed by atoms with Gasteiger partial charge in [0.2, 0.25) is 0 Å². The number of hydrogen-bond acceptors (Lipinski definition) is 2. The molecule has 0 aliphatic rings. The van der Waals surface area contributed by atoms with Crippen molar-refractivity contribution in [1.29, 1.82) is 0 Å². The van der Waals surface area contributed by atoms with Crippen LogP contribution in [0.2, 0.25) is 0 Å². The molecule has 1 aromatic heterocycles. The van der Waals surface area contributed by atoms with Crippen LogP contribution < -0.4 is 0 Å². The van der Waals surface area contributed by atoms with Crippen LogP contribution in [-0.2, 0) is 6.54 Å². The Morgan fingerprint density at radius 2 is 1.54 bits per heavy atom. The highest BCUT2D eigenvalue weighted by Crippen LogP contribution is 2.22. The lowest BCUT2D eigenvalue weighted by Gasteiger charge is -2.14. The van der Waals surface area contributed by atoms with Crippen LogP contribution in [0.3, 0.4) is 0 Å². The second-order valence-electron chi connectivity index (χ2n) is 7.17. The molecule has 4 aromatic rings. The number of hydrogen-bond donors (Lipinski definition) is 0. The summed E-state index contributed by atoms with van der Waals surface area (Å²) >= 11 is 0. The highest BCUT2D eigenvalue weighted by atomic mass is 16.3. The first-order chi connectivity index (χ1) is 13.8. The molecule has 0 saturated heterocycles. The van der Waals surface area contributed by atoms with Gasteiger partial charge in [-0.25, -0.2) is 0 Å². The monoisotopic (exact) mass is 367 g/mol. The summed E-state index contributed by atoms with van der Waals surface area (Å²) in [4.78, 5) is 2.33. The number of benzene rings is 3. The summed E-state index contributed by atoms with van der Waals surface area (Å²) in [5, 5.41) is 1.21. The topological polar surface area (TPSA) is 16.4 Å². The van der Waals surface area contributed by atoms with Crippen LogP contribution in [-0.4, -0.2) is 18.5 Å². The molecule has 0 aliphatic carbocycles. The molecule has 0 saturated carbocycles. The molecule has 0 unspecified atom stereocenters. The number of nitrogens with zero attached hydrogens (tertiary/aromatic N) is 1.